The summed E-state index contributed by atoms with van der Waals surface area (Å²) in [6.07, 6.45) is 3.21. The fourth-order valence-electron chi connectivity index (χ4n) is 2.61. The van der Waals surface area contributed by atoms with Crippen LogP contribution in [0.3, 0.4) is 0 Å². The molecule has 7 nitrogen and oxygen atoms in total. The Bertz CT molecular complexity index is 742. The van der Waals surface area contributed by atoms with Crippen molar-refractivity contribution < 1.29 is 18.3 Å². The van der Waals surface area contributed by atoms with Crippen molar-refractivity contribution in [3.63, 3.8) is 0 Å². The van der Waals surface area contributed by atoms with E-state index in [0.717, 1.165) is 0 Å². The van der Waals surface area contributed by atoms with Crippen LogP contribution in [0.5, 0.6) is 0 Å². The van der Waals surface area contributed by atoms with Crippen molar-refractivity contribution in [3.05, 3.63) is 52.6 Å². The van der Waals surface area contributed by atoms with Crippen LogP contribution in [0.4, 0.5) is 0 Å². The lowest BCUT2D eigenvalue weighted by atomic mass is 9.91. The molecule has 1 unspecified atom stereocenters. The molecular formula is C16H20N3O4P. The molecule has 0 spiro atoms. The first-order valence-corrected chi connectivity index (χ1v) is 9.10. The minimum absolute atomic E-state index is 0.0212. The molecule has 2 rings (SSSR count). The fraction of sp³-hybridized carbons (Fsp3) is 0.375. The van der Waals surface area contributed by atoms with Gasteiger partial charge >= 0.3 is 7.60 Å². The Balaban J connectivity index is 2.68. The zero-order valence-electron chi connectivity index (χ0n) is 13.9. The molecule has 0 aromatic carbocycles. The van der Waals surface area contributed by atoms with Crippen LogP contribution in [0.15, 0.2) is 47.1 Å². The van der Waals surface area contributed by atoms with Gasteiger partial charge in [-0.3, -0.25) is 9.55 Å². The molecule has 0 saturated carbocycles. The van der Waals surface area contributed by atoms with E-state index in [1.807, 2.05) is 6.07 Å². The number of nitriles is 1. The lowest BCUT2D eigenvalue weighted by molar-refractivity contribution is 0.218. The molecule has 0 aliphatic carbocycles. The average Bonchev–Trinajstić information content (AvgIpc) is 2.55. The Morgan fingerprint density at radius 2 is 2.08 bits per heavy atom. The minimum Gasteiger partial charge on any atom is -0.445 e. The second-order valence-corrected chi connectivity index (χ2v) is 6.98. The molecule has 24 heavy (non-hydrogen) atoms. The van der Waals surface area contributed by atoms with Gasteiger partial charge < -0.3 is 19.5 Å². The summed E-state index contributed by atoms with van der Waals surface area (Å²) in [5.74, 6) is -0.404. The van der Waals surface area contributed by atoms with E-state index in [1.165, 1.54) is 0 Å². The van der Waals surface area contributed by atoms with Crippen LogP contribution in [-0.4, -0.2) is 18.2 Å². The second kappa shape index (κ2) is 7.63. The molecule has 2 N–H and O–H groups in total. The van der Waals surface area contributed by atoms with Gasteiger partial charge in [0.15, 0.2) is 0 Å². The maximum Gasteiger partial charge on any atom is 0.361 e. The number of hydrogen-bond donors (Lipinski definition) is 1. The monoisotopic (exact) mass is 349 g/mol. The van der Waals surface area contributed by atoms with E-state index in [-0.39, 0.29) is 30.0 Å². The second-order valence-electron chi connectivity index (χ2n) is 4.99. The van der Waals surface area contributed by atoms with E-state index >= 15 is 0 Å². The highest BCUT2D eigenvalue weighted by Gasteiger charge is 2.44. The number of aromatic nitrogens is 1. The smallest absolute Gasteiger partial charge is 0.361 e. The van der Waals surface area contributed by atoms with Gasteiger partial charge in [0.05, 0.1) is 24.4 Å². The number of allylic oxidation sites excluding steroid dienone is 3. The van der Waals surface area contributed by atoms with Crippen molar-refractivity contribution >= 4 is 7.60 Å². The lowest BCUT2D eigenvalue weighted by Crippen LogP contribution is -2.21. The van der Waals surface area contributed by atoms with Crippen LogP contribution >= 0.6 is 7.60 Å². The Hall–Kier alpha value is -2.13. The van der Waals surface area contributed by atoms with Gasteiger partial charge in [-0.15, -0.1) is 0 Å². The van der Waals surface area contributed by atoms with Crippen LogP contribution < -0.4 is 5.73 Å². The van der Waals surface area contributed by atoms with Crippen LogP contribution in [0.1, 0.15) is 32.3 Å². The summed E-state index contributed by atoms with van der Waals surface area (Å²) in [5.41, 5.74) is 6.69. The third-order valence-electron chi connectivity index (χ3n) is 3.48. The Kier molecular flexibility index (Phi) is 5.79. The van der Waals surface area contributed by atoms with Crippen molar-refractivity contribution in [2.45, 2.75) is 26.7 Å². The van der Waals surface area contributed by atoms with Crippen molar-refractivity contribution in [1.29, 1.82) is 5.26 Å². The zero-order chi connectivity index (χ0) is 17.7. The first-order valence-electron chi connectivity index (χ1n) is 7.56. The molecule has 1 atom stereocenters. The van der Waals surface area contributed by atoms with E-state index in [4.69, 9.17) is 19.5 Å². The molecule has 0 amide bonds. The molecule has 0 radical (unpaired) electrons. The van der Waals surface area contributed by atoms with E-state index in [9.17, 15) is 9.83 Å². The van der Waals surface area contributed by atoms with E-state index in [0.29, 0.717) is 11.3 Å². The predicted molar refractivity (Wildman–Crippen MR) is 88.4 cm³/mol. The summed E-state index contributed by atoms with van der Waals surface area (Å²) in [6.45, 7) is 5.45. The highest BCUT2D eigenvalue weighted by atomic mass is 31.2. The van der Waals surface area contributed by atoms with Crippen LogP contribution in [0.25, 0.3) is 0 Å². The molecule has 1 aromatic heterocycles. The average molecular weight is 349 g/mol. The van der Waals surface area contributed by atoms with Gasteiger partial charge in [-0.05, 0) is 32.4 Å². The molecule has 0 saturated heterocycles. The fourth-order valence-corrected chi connectivity index (χ4v) is 4.67. The quantitative estimate of drug-likeness (QED) is 0.784. The van der Waals surface area contributed by atoms with Crippen LogP contribution in [-0.2, 0) is 18.3 Å². The van der Waals surface area contributed by atoms with Gasteiger partial charge in [-0.2, -0.15) is 5.26 Å². The number of rotatable bonds is 6. The third-order valence-corrected chi connectivity index (χ3v) is 5.84. The Morgan fingerprint density at radius 1 is 1.42 bits per heavy atom. The minimum atomic E-state index is -3.66. The largest absolute Gasteiger partial charge is 0.445 e. The molecule has 1 aliphatic heterocycles. The summed E-state index contributed by atoms with van der Waals surface area (Å²) in [6, 6.07) is 5.56. The van der Waals surface area contributed by atoms with E-state index < -0.39 is 13.5 Å². The lowest BCUT2D eigenvalue weighted by Gasteiger charge is -2.31. The van der Waals surface area contributed by atoms with Crippen LogP contribution in [0.2, 0.25) is 0 Å². The number of hydrogen-bond acceptors (Lipinski definition) is 7. The third kappa shape index (κ3) is 3.36. The maximum atomic E-state index is 13.4. The molecule has 1 aromatic rings. The Morgan fingerprint density at radius 3 is 2.58 bits per heavy atom. The summed E-state index contributed by atoms with van der Waals surface area (Å²) < 4.78 is 29.7. The molecule has 128 valence electrons. The van der Waals surface area contributed by atoms with Gasteiger partial charge in [0.25, 0.3) is 0 Å². The number of ether oxygens (including phenoxy) is 1. The first kappa shape index (κ1) is 18.2. The summed E-state index contributed by atoms with van der Waals surface area (Å²) in [4.78, 5) is 4.08. The number of pyridine rings is 1. The summed E-state index contributed by atoms with van der Waals surface area (Å²) >= 11 is 0. The number of nitrogens with zero attached hydrogens (tertiary/aromatic N) is 2. The van der Waals surface area contributed by atoms with Gasteiger partial charge in [-0.1, -0.05) is 6.07 Å². The maximum absolute atomic E-state index is 13.4. The molecule has 1 aliphatic rings. The molecule has 8 heteroatoms. The summed E-state index contributed by atoms with van der Waals surface area (Å²) in [5, 5.41) is 9.82. The highest BCUT2D eigenvalue weighted by Crippen LogP contribution is 2.64. The van der Waals surface area contributed by atoms with Crippen LogP contribution in [0, 0.1) is 11.3 Å². The molecular weight excluding hydrogens is 329 g/mol. The topological polar surface area (TPSA) is 107 Å². The molecule has 0 bridgehead atoms. The van der Waals surface area contributed by atoms with Gasteiger partial charge in [-0.25, -0.2) is 0 Å². The van der Waals surface area contributed by atoms with Crippen molar-refractivity contribution in [2.24, 2.45) is 5.73 Å². The van der Waals surface area contributed by atoms with Crippen molar-refractivity contribution in [3.8, 4) is 6.07 Å². The molecule has 0 fully saturated rings. The number of nitrogens with two attached hydrogens (primary N) is 1. The van der Waals surface area contributed by atoms with Crippen molar-refractivity contribution in [2.75, 3.05) is 13.2 Å². The van der Waals surface area contributed by atoms with Crippen molar-refractivity contribution in [1.82, 2.24) is 4.98 Å². The summed E-state index contributed by atoms with van der Waals surface area (Å²) in [7, 11) is -3.66. The van der Waals surface area contributed by atoms with E-state index in [2.05, 4.69) is 4.98 Å². The normalized spacial score (nSPS) is 18.3. The molecule has 2 heterocycles. The predicted octanol–water partition coefficient (Wildman–Crippen LogP) is 3.39. The first-order chi connectivity index (χ1) is 11.5. The standard InChI is InChI=1S/C16H20N3O4P/c1-4-21-24(20,22-5-2)15-11(3)23-16(18)13(9-17)14(15)12-7-6-8-19-10-12/h6-8,10,14H,4-5,18H2,1-3H3. The van der Waals surface area contributed by atoms with Gasteiger partial charge in [0, 0.05) is 12.4 Å². The van der Waals surface area contributed by atoms with Gasteiger partial charge in [0.1, 0.15) is 17.4 Å². The van der Waals surface area contributed by atoms with Gasteiger partial charge in [0.2, 0.25) is 5.88 Å². The zero-order valence-corrected chi connectivity index (χ0v) is 14.7. The van der Waals surface area contributed by atoms with E-state index in [1.54, 1.807) is 45.3 Å². The Labute approximate surface area is 141 Å². The SMILES string of the molecule is CCOP(=O)(OCC)C1=C(C)OC(N)=C(C#N)C1c1cccnc1. The highest BCUT2D eigenvalue weighted by molar-refractivity contribution is 7.58.